The number of hydrogen-bond donors (Lipinski definition) is 1. The number of sulfonamides is 1. The molecule has 0 bridgehead atoms. The summed E-state index contributed by atoms with van der Waals surface area (Å²) in [6.07, 6.45) is 5.56. The highest BCUT2D eigenvalue weighted by Crippen LogP contribution is 2.21. The van der Waals surface area contributed by atoms with E-state index in [1.807, 2.05) is 19.1 Å². The molecule has 0 spiro atoms. The SMILES string of the molecule is CC[C@@H](C(=O)NC1CCCCC1)N(Cc1ccc(OC)cc1)C(=O)CN(C)S(=O)(=O)c1ccc(Cl)cc1. The molecule has 1 N–H and O–H groups in total. The van der Waals surface area contributed by atoms with Gasteiger partial charge in [-0.2, -0.15) is 4.31 Å². The van der Waals surface area contributed by atoms with Crippen molar-refractivity contribution < 1.29 is 22.7 Å². The number of ether oxygens (including phenoxy) is 1. The Kier molecular flexibility index (Phi) is 10.4. The van der Waals surface area contributed by atoms with E-state index < -0.39 is 28.5 Å². The van der Waals surface area contributed by atoms with Crippen LogP contribution in [-0.4, -0.2) is 62.2 Å². The zero-order chi connectivity index (χ0) is 27.0. The number of halogens is 1. The van der Waals surface area contributed by atoms with Gasteiger partial charge in [-0.25, -0.2) is 8.42 Å². The van der Waals surface area contributed by atoms with Crippen molar-refractivity contribution in [3.05, 3.63) is 59.1 Å². The summed E-state index contributed by atoms with van der Waals surface area (Å²) < 4.78 is 32.4. The number of carbonyl (C=O) groups excluding carboxylic acids is 2. The Morgan fingerprint density at radius 1 is 1.05 bits per heavy atom. The highest BCUT2D eigenvalue weighted by atomic mass is 35.5. The van der Waals surface area contributed by atoms with E-state index in [0.29, 0.717) is 17.2 Å². The van der Waals surface area contributed by atoms with E-state index in [9.17, 15) is 18.0 Å². The van der Waals surface area contributed by atoms with Crippen LogP contribution in [0, 0.1) is 0 Å². The number of carbonyl (C=O) groups is 2. The van der Waals surface area contributed by atoms with Crippen molar-refractivity contribution in [2.45, 2.75) is 69.0 Å². The van der Waals surface area contributed by atoms with Gasteiger partial charge < -0.3 is 15.0 Å². The van der Waals surface area contributed by atoms with E-state index in [1.165, 1.54) is 42.6 Å². The maximum absolute atomic E-state index is 13.6. The van der Waals surface area contributed by atoms with Crippen LogP contribution in [0.4, 0.5) is 0 Å². The lowest BCUT2D eigenvalue weighted by Crippen LogP contribution is -2.53. The normalized spacial score (nSPS) is 15.3. The first-order valence-corrected chi connectivity index (χ1v) is 14.4. The predicted octanol–water partition coefficient (Wildman–Crippen LogP) is 4.23. The molecule has 0 radical (unpaired) electrons. The molecule has 0 saturated heterocycles. The second-order valence-electron chi connectivity index (χ2n) is 9.35. The Morgan fingerprint density at radius 2 is 1.68 bits per heavy atom. The lowest BCUT2D eigenvalue weighted by atomic mass is 9.95. The van der Waals surface area contributed by atoms with Crippen molar-refractivity contribution in [1.29, 1.82) is 0 Å². The van der Waals surface area contributed by atoms with Gasteiger partial charge in [0.05, 0.1) is 18.6 Å². The second kappa shape index (κ2) is 13.3. The summed E-state index contributed by atoms with van der Waals surface area (Å²) in [6, 6.07) is 12.4. The maximum atomic E-state index is 13.6. The summed E-state index contributed by atoms with van der Waals surface area (Å²) in [7, 11) is -1.000. The standard InChI is InChI=1S/C27H36ClN3O5S/c1-4-25(27(33)29-22-8-6-5-7-9-22)31(18-20-10-14-23(36-3)15-11-20)26(32)19-30(2)37(34,35)24-16-12-21(28)13-17-24/h10-17,22,25H,4-9,18-19H2,1-3H3,(H,29,33)/t25-/m0/s1. The van der Waals surface area contributed by atoms with Gasteiger partial charge in [-0.15, -0.1) is 0 Å². The van der Waals surface area contributed by atoms with Gasteiger partial charge >= 0.3 is 0 Å². The van der Waals surface area contributed by atoms with Gasteiger partial charge in [0.1, 0.15) is 11.8 Å². The molecule has 3 rings (SSSR count). The molecule has 0 aromatic heterocycles. The average Bonchev–Trinajstić information content (AvgIpc) is 2.89. The van der Waals surface area contributed by atoms with Crippen LogP contribution < -0.4 is 10.1 Å². The lowest BCUT2D eigenvalue weighted by Gasteiger charge is -2.33. The molecule has 0 unspecified atom stereocenters. The van der Waals surface area contributed by atoms with E-state index in [-0.39, 0.29) is 23.4 Å². The van der Waals surface area contributed by atoms with Crippen LogP contribution in [-0.2, 0) is 26.2 Å². The van der Waals surface area contributed by atoms with Crippen molar-refractivity contribution in [1.82, 2.24) is 14.5 Å². The molecule has 2 amide bonds. The first-order valence-electron chi connectivity index (χ1n) is 12.6. The van der Waals surface area contributed by atoms with Gasteiger partial charge in [0.2, 0.25) is 21.8 Å². The molecule has 2 aromatic carbocycles. The number of hydrogen-bond acceptors (Lipinski definition) is 5. The number of nitrogens with one attached hydrogen (secondary N) is 1. The minimum absolute atomic E-state index is 0.0380. The van der Waals surface area contributed by atoms with Gasteiger partial charge in [-0.3, -0.25) is 9.59 Å². The van der Waals surface area contributed by atoms with E-state index in [2.05, 4.69) is 5.32 Å². The monoisotopic (exact) mass is 549 g/mol. The molecule has 202 valence electrons. The van der Waals surface area contributed by atoms with Gasteiger partial charge in [0.25, 0.3) is 0 Å². The van der Waals surface area contributed by atoms with Gasteiger partial charge in [0, 0.05) is 24.7 Å². The average molecular weight is 550 g/mol. The van der Waals surface area contributed by atoms with Crippen LogP contribution >= 0.6 is 11.6 Å². The minimum Gasteiger partial charge on any atom is -0.497 e. The van der Waals surface area contributed by atoms with Crippen molar-refractivity contribution in [2.75, 3.05) is 20.7 Å². The van der Waals surface area contributed by atoms with E-state index in [4.69, 9.17) is 16.3 Å². The van der Waals surface area contributed by atoms with Crippen LogP contribution in [0.15, 0.2) is 53.4 Å². The molecular weight excluding hydrogens is 514 g/mol. The number of likely N-dealkylation sites (N-methyl/N-ethyl adjacent to an activating group) is 1. The molecule has 10 heteroatoms. The number of methoxy groups -OCH3 is 1. The van der Waals surface area contributed by atoms with Crippen molar-refractivity contribution in [2.24, 2.45) is 0 Å². The van der Waals surface area contributed by atoms with Crippen molar-refractivity contribution in [3.8, 4) is 5.75 Å². The van der Waals surface area contributed by atoms with Gasteiger partial charge in [-0.1, -0.05) is 49.9 Å². The van der Waals surface area contributed by atoms with E-state index >= 15 is 0 Å². The Bertz CT molecular complexity index is 1150. The summed E-state index contributed by atoms with van der Waals surface area (Å²) in [5.74, 6) is 0.0125. The Hall–Kier alpha value is -2.62. The third-order valence-electron chi connectivity index (χ3n) is 6.73. The molecule has 0 heterocycles. The zero-order valence-corrected chi connectivity index (χ0v) is 23.2. The van der Waals surface area contributed by atoms with Crippen LogP contribution in [0.1, 0.15) is 51.0 Å². The van der Waals surface area contributed by atoms with Crippen molar-refractivity contribution in [3.63, 3.8) is 0 Å². The number of rotatable bonds is 11. The molecule has 1 saturated carbocycles. The number of amides is 2. The zero-order valence-electron chi connectivity index (χ0n) is 21.7. The molecule has 1 aliphatic rings. The molecule has 2 aromatic rings. The fourth-order valence-corrected chi connectivity index (χ4v) is 5.79. The second-order valence-corrected chi connectivity index (χ2v) is 11.8. The summed E-state index contributed by atoms with van der Waals surface area (Å²) >= 11 is 5.90. The minimum atomic E-state index is -3.93. The van der Waals surface area contributed by atoms with E-state index in [0.717, 1.165) is 35.6 Å². The topological polar surface area (TPSA) is 96.0 Å². The fraction of sp³-hybridized carbons (Fsp3) is 0.481. The molecule has 0 aliphatic heterocycles. The Balaban J connectivity index is 1.83. The molecule has 1 atom stereocenters. The van der Waals surface area contributed by atoms with Crippen LogP contribution in [0.2, 0.25) is 5.02 Å². The van der Waals surface area contributed by atoms with Crippen LogP contribution in [0.3, 0.4) is 0 Å². The molecular formula is C27H36ClN3O5S. The highest BCUT2D eigenvalue weighted by Gasteiger charge is 2.32. The largest absolute Gasteiger partial charge is 0.497 e. The highest BCUT2D eigenvalue weighted by molar-refractivity contribution is 7.89. The van der Waals surface area contributed by atoms with Crippen molar-refractivity contribution >= 4 is 33.4 Å². The summed E-state index contributed by atoms with van der Waals surface area (Å²) in [5.41, 5.74) is 0.807. The Morgan fingerprint density at radius 3 is 2.24 bits per heavy atom. The fourth-order valence-electron chi connectivity index (χ4n) is 4.54. The van der Waals surface area contributed by atoms with Gasteiger partial charge in [-0.05, 0) is 61.2 Å². The molecule has 8 nitrogen and oxygen atoms in total. The van der Waals surface area contributed by atoms with E-state index in [1.54, 1.807) is 19.2 Å². The first kappa shape index (κ1) is 28.9. The van der Waals surface area contributed by atoms with Crippen LogP contribution in [0.5, 0.6) is 5.75 Å². The third kappa shape index (κ3) is 7.69. The third-order valence-corrected chi connectivity index (χ3v) is 8.80. The molecule has 1 aliphatic carbocycles. The summed E-state index contributed by atoms with van der Waals surface area (Å²) in [4.78, 5) is 28.5. The smallest absolute Gasteiger partial charge is 0.243 e. The summed E-state index contributed by atoms with van der Waals surface area (Å²) in [5, 5.41) is 3.54. The summed E-state index contributed by atoms with van der Waals surface area (Å²) in [6.45, 7) is 1.61. The van der Waals surface area contributed by atoms with Gasteiger partial charge in [0.15, 0.2) is 0 Å². The maximum Gasteiger partial charge on any atom is 0.243 e. The number of benzene rings is 2. The van der Waals surface area contributed by atoms with Crippen LogP contribution in [0.25, 0.3) is 0 Å². The first-order chi connectivity index (χ1) is 17.6. The lowest BCUT2D eigenvalue weighted by molar-refractivity contribution is -0.141. The number of nitrogens with zero attached hydrogens (tertiary/aromatic N) is 2. The molecule has 1 fully saturated rings. The Labute approximate surface area is 225 Å². The predicted molar refractivity (Wildman–Crippen MR) is 144 cm³/mol. The quantitative estimate of drug-likeness (QED) is 0.452. The molecule has 37 heavy (non-hydrogen) atoms.